The summed E-state index contributed by atoms with van der Waals surface area (Å²) >= 11 is 5.92. The Hall–Kier alpha value is -2.08. The maximum absolute atomic E-state index is 11.1. The first-order valence-corrected chi connectivity index (χ1v) is 6.53. The van der Waals surface area contributed by atoms with Crippen LogP contribution in [-0.4, -0.2) is 14.7 Å². The number of nitrogens with zero attached hydrogens (tertiary/aromatic N) is 3. The van der Waals surface area contributed by atoms with E-state index in [1.165, 1.54) is 4.68 Å². The molecule has 0 aliphatic carbocycles. The van der Waals surface area contributed by atoms with E-state index in [0.29, 0.717) is 17.3 Å². The molecule has 1 heterocycles. The van der Waals surface area contributed by atoms with E-state index in [1.54, 1.807) is 12.1 Å². The number of rotatable bonds is 4. The van der Waals surface area contributed by atoms with Crippen LogP contribution in [0.3, 0.4) is 0 Å². The summed E-state index contributed by atoms with van der Waals surface area (Å²) in [5.41, 5.74) is 7.03. The number of hydrogen-bond donors (Lipinski definition) is 1. The van der Waals surface area contributed by atoms with Gasteiger partial charge >= 0.3 is 5.69 Å². The fourth-order valence-electron chi connectivity index (χ4n) is 1.99. The van der Waals surface area contributed by atoms with Crippen molar-refractivity contribution in [3.63, 3.8) is 0 Å². The third kappa shape index (κ3) is 2.75. The zero-order valence-electron chi connectivity index (χ0n) is 11.2. The molecule has 2 rings (SSSR count). The summed E-state index contributed by atoms with van der Waals surface area (Å²) in [5.74, 6) is -0.00279. The largest absolute Gasteiger partial charge is 0.378 e. The zero-order chi connectivity index (χ0) is 14.9. The molecule has 0 fully saturated rings. The van der Waals surface area contributed by atoms with Crippen LogP contribution in [0.25, 0.3) is 0 Å². The highest BCUT2D eigenvalue weighted by Crippen LogP contribution is 2.31. The smallest absolute Gasteiger partial charge is 0.334 e. The van der Waals surface area contributed by atoms with Crippen molar-refractivity contribution in [1.82, 2.24) is 9.78 Å². The van der Waals surface area contributed by atoms with Gasteiger partial charge in [-0.05, 0) is 17.7 Å². The van der Waals surface area contributed by atoms with Crippen LogP contribution in [0.1, 0.15) is 31.0 Å². The van der Waals surface area contributed by atoms with Crippen LogP contribution in [0.15, 0.2) is 24.3 Å². The quantitative estimate of drug-likeness (QED) is 0.693. The van der Waals surface area contributed by atoms with E-state index in [4.69, 9.17) is 17.3 Å². The Balaban J connectivity index is 2.43. The Morgan fingerprint density at radius 1 is 1.50 bits per heavy atom. The molecule has 20 heavy (non-hydrogen) atoms. The van der Waals surface area contributed by atoms with Gasteiger partial charge in [0, 0.05) is 10.9 Å². The average Bonchev–Trinajstić information content (AvgIpc) is 2.67. The van der Waals surface area contributed by atoms with E-state index in [1.807, 2.05) is 26.0 Å². The van der Waals surface area contributed by atoms with Crippen molar-refractivity contribution in [2.75, 3.05) is 5.73 Å². The topological polar surface area (TPSA) is 87.0 Å². The Kier molecular flexibility index (Phi) is 3.94. The van der Waals surface area contributed by atoms with Gasteiger partial charge < -0.3 is 5.73 Å². The van der Waals surface area contributed by atoms with Gasteiger partial charge in [0.15, 0.2) is 0 Å². The minimum Gasteiger partial charge on any atom is -0.378 e. The van der Waals surface area contributed by atoms with Crippen LogP contribution in [0, 0.1) is 10.1 Å². The van der Waals surface area contributed by atoms with Crippen LogP contribution in [0.5, 0.6) is 0 Å². The molecule has 2 N–H and O–H groups in total. The summed E-state index contributed by atoms with van der Waals surface area (Å²) in [6.07, 6.45) is 0. The van der Waals surface area contributed by atoms with E-state index in [2.05, 4.69) is 5.10 Å². The summed E-state index contributed by atoms with van der Waals surface area (Å²) in [7, 11) is 0. The maximum atomic E-state index is 11.1. The van der Waals surface area contributed by atoms with Gasteiger partial charge in [-0.1, -0.05) is 37.6 Å². The second kappa shape index (κ2) is 5.50. The normalized spacial score (nSPS) is 11.0. The van der Waals surface area contributed by atoms with Crippen molar-refractivity contribution in [3.05, 3.63) is 50.7 Å². The van der Waals surface area contributed by atoms with Gasteiger partial charge in [-0.25, -0.2) is 4.68 Å². The Bertz CT molecular complexity index is 652. The molecule has 0 amide bonds. The third-order valence-electron chi connectivity index (χ3n) is 2.94. The molecule has 6 nitrogen and oxygen atoms in total. The number of nitrogens with two attached hydrogens (primary N) is 1. The van der Waals surface area contributed by atoms with E-state index in [-0.39, 0.29) is 17.4 Å². The first-order chi connectivity index (χ1) is 9.40. The van der Waals surface area contributed by atoms with Crippen LogP contribution in [0.4, 0.5) is 11.5 Å². The fourth-order valence-corrected chi connectivity index (χ4v) is 2.20. The monoisotopic (exact) mass is 294 g/mol. The van der Waals surface area contributed by atoms with Gasteiger partial charge in [0.25, 0.3) is 0 Å². The molecule has 0 bridgehead atoms. The predicted molar refractivity (Wildman–Crippen MR) is 77.9 cm³/mol. The lowest BCUT2D eigenvalue weighted by molar-refractivity contribution is -0.384. The summed E-state index contributed by atoms with van der Waals surface area (Å²) in [4.78, 5) is 10.6. The Morgan fingerprint density at radius 3 is 2.70 bits per heavy atom. The Labute approximate surface area is 121 Å². The van der Waals surface area contributed by atoms with Crippen molar-refractivity contribution >= 4 is 23.1 Å². The van der Waals surface area contributed by atoms with E-state index in [0.717, 1.165) is 5.56 Å². The standard InChI is InChI=1S/C13H15ClN4O2/c1-8(2)11-12(18(19)20)13(15)17(16-11)7-9-4-3-5-10(14)6-9/h3-6,8H,7,15H2,1-2H3. The van der Waals surface area contributed by atoms with Gasteiger partial charge in [-0.15, -0.1) is 0 Å². The fraction of sp³-hybridized carbons (Fsp3) is 0.308. The van der Waals surface area contributed by atoms with Crippen LogP contribution in [-0.2, 0) is 6.54 Å². The highest BCUT2D eigenvalue weighted by Gasteiger charge is 2.27. The molecule has 1 aromatic heterocycles. The first kappa shape index (κ1) is 14.3. The van der Waals surface area contributed by atoms with Crippen LogP contribution < -0.4 is 5.73 Å². The summed E-state index contributed by atoms with van der Waals surface area (Å²) < 4.78 is 1.44. The molecule has 1 aromatic carbocycles. The summed E-state index contributed by atoms with van der Waals surface area (Å²) in [6.45, 7) is 4.04. The summed E-state index contributed by atoms with van der Waals surface area (Å²) in [5, 5.41) is 16.0. The van der Waals surface area contributed by atoms with Crippen molar-refractivity contribution in [1.29, 1.82) is 0 Å². The summed E-state index contributed by atoms with van der Waals surface area (Å²) in [6, 6.07) is 7.23. The SMILES string of the molecule is CC(C)c1nn(Cc2cccc(Cl)c2)c(N)c1[N+](=O)[O-]. The molecule has 7 heteroatoms. The van der Waals surface area contributed by atoms with Crippen molar-refractivity contribution in [2.45, 2.75) is 26.3 Å². The molecule has 0 saturated carbocycles. The molecular formula is C13H15ClN4O2. The highest BCUT2D eigenvalue weighted by molar-refractivity contribution is 6.30. The Morgan fingerprint density at radius 2 is 2.20 bits per heavy atom. The molecular weight excluding hydrogens is 280 g/mol. The second-order valence-electron chi connectivity index (χ2n) is 4.82. The van der Waals surface area contributed by atoms with E-state index in [9.17, 15) is 10.1 Å². The number of benzene rings is 1. The molecule has 0 unspecified atom stereocenters. The van der Waals surface area contributed by atoms with Crippen molar-refractivity contribution in [2.24, 2.45) is 0 Å². The maximum Gasteiger partial charge on any atom is 0.334 e. The zero-order valence-corrected chi connectivity index (χ0v) is 12.0. The van der Waals surface area contributed by atoms with Crippen LogP contribution in [0.2, 0.25) is 5.02 Å². The number of nitrogen functional groups attached to an aromatic ring is 1. The molecule has 0 aliphatic rings. The van der Waals surface area contributed by atoms with Crippen molar-refractivity contribution in [3.8, 4) is 0 Å². The molecule has 0 spiro atoms. The number of aromatic nitrogens is 2. The number of halogens is 1. The minimum absolute atomic E-state index is 0.0682. The third-order valence-corrected chi connectivity index (χ3v) is 3.18. The average molecular weight is 295 g/mol. The lowest BCUT2D eigenvalue weighted by Crippen LogP contribution is -2.06. The number of nitro groups is 1. The van der Waals surface area contributed by atoms with Gasteiger partial charge in [-0.2, -0.15) is 5.10 Å². The van der Waals surface area contributed by atoms with E-state index < -0.39 is 4.92 Å². The minimum atomic E-state index is -0.480. The molecule has 106 valence electrons. The van der Waals surface area contributed by atoms with Gasteiger partial charge in [0.05, 0.1) is 11.5 Å². The first-order valence-electron chi connectivity index (χ1n) is 6.15. The van der Waals surface area contributed by atoms with Crippen LogP contribution >= 0.6 is 11.6 Å². The van der Waals surface area contributed by atoms with Gasteiger partial charge in [0.2, 0.25) is 5.82 Å². The second-order valence-corrected chi connectivity index (χ2v) is 5.25. The van der Waals surface area contributed by atoms with Gasteiger partial charge in [0.1, 0.15) is 5.69 Å². The van der Waals surface area contributed by atoms with Gasteiger partial charge in [-0.3, -0.25) is 10.1 Å². The lowest BCUT2D eigenvalue weighted by atomic mass is 10.1. The predicted octanol–water partition coefficient (Wildman–Crippen LogP) is 3.20. The molecule has 2 aromatic rings. The lowest BCUT2D eigenvalue weighted by Gasteiger charge is -2.04. The molecule has 0 aliphatic heterocycles. The molecule has 0 saturated heterocycles. The van der Waals surface area contributed by atoms with E-state index >= 15 is 0 Å². The molecule has 0 atom stereocenters. The van der Waals surface area contributed by atoms with Crippen molar-refractivity contribution < 1.29 is 4.92 Å². The number of hydrogen-bond acceptors (Lipinski definition) is 4. The highest BCUT2D eigenvalue weighted by atomic mass is 35.5. The molecule has 0 radical (unpaired) electrons. The number of anilines is 1.